The van der Waals surface area contributed by atoms with Gasteiger partial charge in [-0.25, -0.2) is 4.98 Å². The van der Waals surface area contributed by atoms with Crippen LogP contribution >= 0.6 is 0 Å². The zero-order valence-electron chi connectivity index (χ0n) is 8.21. The van der Waals surface area contributed by atoms with E-state index in [-0.39, 0.29) is 6.54 Å². The highest BCUT2D eigenvalue weighted by Gasteiger charge is 2.16. The van der Waals surface area contributed by atoms with Gasteiger partial charge in [0.05, 0.1) is 0 Å². The molecule has 0 amide bonds. The maximum absolute atomic E-state index is 10.5. The van der Waals surface area contributed by atoms with Gasteiger partial charge in [0.15, 0.2) is 0 Å². The van der Waals surface area contributed by atoms with E-state index in [0.29, 0.717) is 5.95 Å². The van der Waals surface area contributed by atoms with E-state index in [9.17, 15) is 4.79 Å². The Bertz CT molecular complexity index is 323. The normalized spacial score (nSPS) is 12.5. The summed E-state index contributed by atoms with van der Waals surface area (Å²) >= 11 is 0. The molecule has 0 saturated carbocycles. The van der Waals surface area contributed by atoms with Crippen LogP contribution in [0.4, 0.5) is 5.95 Å². The molecule has 0 saturated heterocycles. The number of imidazole rings is 1. The van der Waals surface area contributed by atoms with Crippen LogP contribution in [0.2, 0.25) is 0 Å². The van der Waals surface area contributed by atoms with E-state index in [1.165, 1.54) is 0 Å². The van der Waals surface area contributed by atoms with Gasteiger partial charge in [-0.1, -0.05) is 0 Å². The van der Waals surface area contributed by atoms with Crippen molar-refractivity contribution in [3.05, 3.63) is 12.4 Å². The molecular formula is C8H14N4O2. The molecule has 1 rings (SSSR count). The van der Waals surface area contributed by atoms with Crippen molar-refractivity contribution in [2.24, 2.45) is 12.8 Å². The summed E-state index contributed by atoms with van der Waals surface area (Å²) in [5.74, 6) is -0.312. The Morgan fingerprint density at radius 1 is 1.86 bits per heavy atom. The molecule has 0 unspecified atom stereocenters. The summed E-state index contributed by atoms with van der Waals surface area (Å²) in [6.45, 7) is 0.236. The molecule has 0 fully saturated rings. The summed E-state index contributed by atoms with van der Waals surface area (Å²) in [7, 11) is 3.59. The summed E-state index contributed by atoms with van der Waals surface area (Å²) < 4.78 is 1.80. The van der Waals surface area contributed by atoms with Gasteiger partial charge in [0.25, 0.3) is 0 Å². The fourth-order valence-corrected chi connectivity index (χ4v) is 1.18. The van der Waals surface area contributed by atoms with Crippen molar-refractivity contribution in [2.75, 3.05) is 18.5 Å². The van der Waals surface area contributed by atoms with Crippen molar-refractivity contribution in [1.82, 2.24) is 9.55 Å². The SMILES string of the molecule is CN(C[C@H](N)C(=O)O)c1nccn1C. The molecule has 3 N–H and O–H groups in total. The van der Waals surface area contributed by atoms with Gasteiger partial charge in [-0.3, -0.25) is 4.79 Å². The lowest BCUT2D eigenvalue weighted by atomic mass is 10.3. The van der Waals surface area contributed by atoms with Gasteiger partial charge in [0, 0.05) is 33.0 Å². The lowest BCUT2D eigenvalue weighted by Gasteiger charge is -2.19. The van der Waals surface area contributed by atoms with Gasteiger partial charge < -0.3 is 20.3 Å². The van der Waals surface area contributed by atoms with Gasteiger partial charge in [-0.2, -0.15) is 0 Å². The number of carboxylic acid groups (broad SMARTS) is 1. The number of hydrogen-bond donors (Lipinski definition) is 2. The number of carboxylic acids is 1. The third-order valence-electron chi connectivity index (χ3n) is 1.92. The summed E-state index contributed by atoms with van der Waals surface area (Å²) in [6.07, 6.45) is 3.44. The summed E-state index contributed by atoms with van der Waals surface area (Å²) in [4.78, 5) is 16.3. The molecule has 6 nitrogen and oxygen atoms in total. The average molecular weight is 198 g/mol. The highest BCUT2D eigenvalue weighted by atomic mass is 16.4. The van der Waals surface area contributed by atoms with Crippen LogP contribution < -0.4 is 10.6 Å². The number of hydrogen-bond acceptors (Lipinski definition) is 4. The van der Waals surface area contributed by atoms with E-state index in [1.807, 2.05) is 7.05 Å². The number of likely N-dealkylation sites (N-methyl/N-ethyl adjacent to an activating group) is 1. The van der Waals surface area contributed by atoms with E-state index in [4.69, 9.17) is 10.8 Å². The summed E-state index contributed by atoms with van der Waals surface area (Å²) in [5, 5.41) is 8.62. The van der Waals surface area contributed by atoms with Crippen LogP contribution in [0, 0.1) is 0 Å². The minimum atomic E-state index is -1.01. The van der Waals surface area contributed by atoms with Crippen LogP contribution in [-0.2, 0) is 11.8 Å². The van der Waals surface area contributed by atoms with E-state index in [2.05, 4.69) is 4.98 Å². The van der Waals surface area contributed by atoms with Gasteiger partial charge in [-0.15, -0.1) is 0 Å². The third kappa shape index (κ3) is 2.23. The third-order valence-corrected chi connectivity index (χ3v) is 1.92. The maximum atomic E-state index is 10.5. The molecule has 0 bridgehead atoms. The van der Waals surface area contributed by atoms with E-state index in [0.717, 1.165) is 0 Å². The predicted octanol–water partition coefficient (Wildman–Crippen LogP) is -0.732. The molecule has 0 aliphatic carbocycles. The Morgan fingerprint density at radius 2 is 2.50 bits per heavy atom. The van der Waals surface area contributed by atoms with Crippen LogP contribution in [0.15, 0.2) is 12.4 Å². The van der Waals surface area contributed by atoms with Gasteiger partial charge >= 0.3 is 5.97 Å². The molecule has 1 aromatic heterocycles. The lowest BCUT2D eigenvalue weighted by Crippen LogP contribution is -2.41. The first-order valence-electron chi connectivity index (χ1n) is 4.19. The van der Waals surface area contributed by atoms with Crippen molar-refractivity contribution in [1.29, 1.82) is 0 Å². The maximum Gasteiger partial charge on any atom is 0.322 e. The zero-order chi connectivity index (χ0) is 10.7. The first kappa shape index (κ1) is 10.5. The fourth-order valence-electron chi connectivity index (χ4n) is 1.18. The van der Waals surface area contributed by atoms with Crippen LogP contribution in [0.1, 0.15) is 0 Å². The van der Waals surface area contributed by atoms with Crippen LogP contribution in [0.3, 0.4) is 0 Å². The number of anilines is 1. The molecule has 0 radical (unpaired) electrons. The summed E-state index contributed by atoms with van der Waals surface area (Å²) in [6, 6.07) is -0.892. The Morgan fingerprint density at radius 3 is 2.93 bits per heavy atom. The Hall–Kier alpha value is -1.56. The number of aliphatic carboxylic acids is 1. The van der Waals surface area contributed by atoms with E-state index < -0.39 is 12.0 Å². The second-order valence-electron chi connectivity index (χ2n) is 3.16. The zero-order valence-corrected chi connectivity index (χ0v) is 8.21. The number of carbonyl (C=O) groups is 1. The Balaban J connectivity index is 2.63. The number of aromatic nitrogens is 2. The second kappa shape index (κ2) is 4.10. The summed E-state index contributed by atoms with van der Waals surface area (Å²) in [5.41, 5.74) is 5.40. The van der Waals surface area contributed by atoms with Crippen molar-refractivity contribution in [2.45, 2.75) is 6.04 Å². The van der Waals surface area contributed by atoms with E-state index in [1.54, 1.807) is 28.9 Å². The number of rotatable bonds is 4. The highest BCUT2D eigenvalue weighted by molar-refractivity contribution is 5.73. The minimum Gasteiger partial charge on any atom is -0.480 e. The molecule has 0 spiro atoms. The first-order valence-corrected chi connectivity index (χ1v) is 4.19. The van der Waals surface area contributed by atoms with Crippen molar-refractivity contribution in [3.63, 3.8) is 0 Å². The van der Waals surface area contributed by atoms with Gasteiger partial charge in [0.1, 0.15) is 6.04 Å². The largest absolute Gasteiger partial charge is 0.480 e. The molecule has 0 aromatic carbocycles. The molecule has 0 aliphatic rings. The molecule has 6 heteroatoms. The minimum absolute atomic E-state index is 0.236. The Kier molecular flexibility index (Phi) is 3.08. The first-order chi connectivity index (χ1) is 6.52. The molecule has 1 heterocycles. The van der Waals surface area contributed by atoms with Crippen LogP contribution in [0.5, 0.6) is 0 Å². The second-order valence-corrected chi connectivity index (χ2v) is 3.16. The molecular weight excluding hydrogens is 184 g/mol. The predicted molar refractivity (Wildman–Crippen MR) is 52.1 cm³/mol. The van der Waals surface area contributed by atoms with Crippen molar-refractivity contribution < 1.29 is 9.90 Å². The van der Waals surface area contributed by atoms with Gasteiger partial charge in [0.2, 0.25) is 5.95 Å². The highest BCUT2D eigenvalue weighted by Crippen LogP contribution is 2.06. The van der Waals surface area contributed by atoms with Crippen LogP contribution in [-0.4, -0.2) is 40.3 Å². The fraction of sp³-hybridized carbons (Fsp3) is 0.500. The molecule has 78 valence electrons. The quantitative estimate of drug-likeness (QED) is 0.666. The van der Waals surface area contributed by atoms with Crippen molar-refractivity contribution in [3.8, 4) is 0 Å². The molecule has 1 aromatic rings. The van der Waals surface area contributed by atoms with Crippen LogP contribution in [0.25, 0.3) is 0 Å². The lowest BCUT2D eigenvalue weighted by molar-refractivity contribution is -0.138. The molecule has 1 atom stereocenters. The topological polar surface area (TPSA) is 84.4 Å². The van der Waals surface area contributed by atoms with Gasteiger partial charge in [-0.05, 0) is 0 Å². The number of nitrogens with zero attached hydrogens (tertiary/aromatic N) is 3. The molecule has 14 heavy (non-hydrogen) atoms. The van der Waals surface area contributed by atoms with Crippen molar-refractivity contribution >= 4 is 11.9 Å². The smallest absolute Gasteiger partial charge is 0.322 e. The Labute approximate surface area is 82.0 Å². The average Bonchev–Trinajstić information content (AvgIpc) is 2.51. The monoisotopic (exact) mass is 198 g/mol. The standard InChI is InChI=1S/C8H14N4O2/c1-11-4-3-10-8(11)12(2)5-6(9)7(13)14/h3-4,6H,5,9H2,1-2H3,(H,13,14)/t6-/m0/s1. The number of nitrogens with two attached hydrogens (primary N) is 1. The molecule has 0 aliphatic heterocycles. The van der Waals surface area contributed by atoms with E-state index >= 15 is 0 Å². The number of aryl methyl sites for hydroxylation is 1.